The van der Waals surface area contributed by atoms with E-state index in [1.54, 1.807) is 0 Å². The molecule has 0 bridgehead atoms. The first kappa shape index (κ1) is 19.2. The van der Waals surface area contributed by atoms with E-state index in [4.69, 9.17) is 9.47 Å². The standard InChI is InChI=1S/C18H32N2O3Si/c1-7-23-17(21)16-14-12-18(2,3)9-8-15(14)20(19-16)13-22-10-11-24(4,5)6/h7-13H2,1-6H3. The number of carbonyl (C=O) groups excluding carboxylic acids is 1. The SMILES string of the molecule is CCOC(=O)c1nn(COCC[Si](C)(C)C)c2c1CC(C)(C)CC2. The lowest BCUT2D eigenvalue weighted by molar-refractivity contribution is 0.0509. The second-order valence-corrected chi connectivity index (χ2v) is 14.3. The van der Waals surface area contributed by atoms with Gasteiger partial charge in [-0.2, -0.15) is 5.10 Å². The summed E-state index contributed by atoms with van der Waals surface area (Å²) in [5, 5.41) is 4.54. The molecule has 0 N–H and O–H groups in total. The van der Waals surface area contributed by atoms with Gasteiger partial charge in [0.2, 0.25) is 0 Å². The maximum Gasteiger partial charge on any atom is 0.359 e. The second-order valence-electron chi connectivity index (χ2n) is 8.68. The Kier molecular flexibility index (Phi) is 5.91. The third-order valence-electron chi connectivity index (χ3n) is 4.54. The number of rotatable bonds is 7. The molecule has 0 amide bonds. The largest absolute Gasteiger partial charge is 0.461 e. The molecule has 0 saturated carbocycles. The molecular weight excluding hydrogens is 320 g/mol. The molecule has 0 fully saturated rings. The minimum atomic E-state index is -1.10. The van der Waals surface area contributed by atoms with Crippen LogP contribution in [0.1, 0.15) is 48.9 Å². The molecule has 0 aliphatic heterocycles. The molecule has 0 spiro atoms. The van der Waals surface area contributed by atoms with Crippen molar-refractivity contribution in [3.05, 3.63) is 17.0 Å². The van der Waals surface area contributed by atoms with Crippen LogP contribution in [-0.4, -0.2) is 37.0 Å². The van der Waals surface area contributed by atoms with Gasteiger partial charge in [0.1, 0.15) is 6.73 Å². The van der Waals surface area contributed by atoms with Gasteiger partial charge in [-0.1, -0.05) is 33.5 Å². The van der Waals surface area contributed by atoms with E-state index in [1.807, 2.05) is 11.6 Å². The van der Waals surface area contributed by atoms with E-state index < -0.39 is 8.07 Å². The van der Waals surface area contributed by atoms with Gasteiger partial charge in [-0.15, -0.1) is 0 Å². The number of carbonyl (C=O) groups is 1. The predicted octanol–water partition coefficient (Wildman–Crippen LogP) is 3.89. The Bertz CT molecular complexity index is 588. The van der Waals surface area contributed by atoms with Crippen LogP contribution in [0.3, 0.4) is 0 Å². The predicted molar refractivity (Wildman–Crippen MR) is 98.1 cm³/mol. The third kappa shape index (κ3) is 4.93. The first-order chi connectivity index (χ1) is 11.1. The summed E-state index contributed by atoms with van der Waals surface area (Å²) in [4.78, 5) is 12.3. The van der Waals surface area contributed by atoms with Crippen molar-refractivity contribution in [2.75, 3.05) is 13.2 Å². The molecule has 6 heteroatoms. The fourth-order valence-electron chi connectivity index (χ4n) is 3.02. The van der Waals surface area contributed by atoms with E-state index in [-0.39, 0.29) is 11.4 Å². The monoisotopic (exact) mass is 352 g/mol. The summed E-state index contributed by atoms with van der Waals surface area (Å²) in [7, 11) is -1.10. The average Bonchev–Trinajstić information content (AvgIpc) is 2.79. The highest BCUT2D eigenvalue weighted by Crippen LogP contribution is 2.36. The summed E-state index contributed by atoms with van der Waals surface area (Å²) >= 11 is 0. The zero-order valence-corrected chi connectivity index (χ0v) is 17.1. The van der Waals surface area contributed by atoms with E-state index in [0.717, 1.165) is 43.2 Å². The molecule has 5 nitrogen and oxygen atoms in total. The summed E-state index contributed by atoms with van der Waals surface area (Å²) in [6.45, 7) is 14.9. The van der Waals surface area contributed by atoms with Gasteiger partial charge in [-0.25, -0.2) is 9.48 Å². The normalized spacial score (nSPS) is 16.8. The number of aromatic nitrogens is 2. The lowest BCUT2D eigenvalue weighted by Crippen LogP contribution is -2.25. The van der Waals surface area contributed by atoms with Gasteiger partial charge in [0.05, 0.1) is 6.61 Å². The molecule has 1 aliphatic rings. The van der Waals surface area contributed by atoms with Crippen LogP contribution in [0.4, 0.5) is 0 Å². The molecule has 1 heterocycles. The lowest BCUT2D eigenvalue weighted by Gasteiger charge is -2.30. The van der Waals surface area contributed by atoms with Crippen LogP contribution in [0.5, 0.6) is 0 Å². The topological polar surface area (TPSA) is 53.3 Å². The molecule has 24 heavy (non-hydrogen) atoms. The Balaban J connectivity index is 2.15. The number of esters is 1. The third-order valence-corrected chi connectivity index (χ3v) is 6.24. The molecule has 0 saturated heterocycles. The summed E-state index contributed by atoms with van der Waals surface area (Å²) < 4.78 is 12.9. The maximum absolute atomic E-state index is 12.3. The highest BCUT2D eigenvalue weighted by atomic mass is 28.3. The minimum absolute atomic E-state index is 0.195. The summed E-state index contributed by atoms with van der Waals surface area (Å²) in [5.74, 6) is -0.313. The van der Waals surface area contributed by atoms with Gasteiger partial charge in [0, 0.05) is 25.9 Å². The van der Waals surface area contributed by atoms with E-state index in [9.17, 15) is 4.79 Å². The van der Waals surface area contributed by atoms with Crippen molar-refractivity contribution in [1.29, 1.82) is 0 Å². The van der Waals surface area contributed by atoms with Crippen LogP contribution in [-0.2, 0) is 29.0 Å². The molecule has 1 aromatic heterocycles. The molecule has 0 radical (unpaired) electrons. The molecule has 0 atom stereocenters. The number of ether oxygens (including phenoxy) is 2. The fourth-order valence-corrected chi connectivity index (χ4v) is 3.78. The van der Waals surface area contributed by atoms with Crippen LogP contribution < -0.4 is 0 Å². The highest BCUT2D eigenvalue weighted by molar-refractivity contribution is 6.76. The van der Waals surface area contributed by atoms with Crippen molar-refractivity contribution in [3.63, 3.8) is 0 Å². The highest BCUT2D eigenvalue weighted by Gasteiger charge is 2.33. The molecule has 1 aromatic rings. The first-order valence-corrected chi connectivity index (χ1v) is 12.7. The van der Waals surface area contributed by atoms with E-state index in [1.165, 1.54) is 0 Å². The van der Waals surface area contributed by atoms with Crippen molar-refractivity contribution < 1.29 is 14.3 Å². The number of fused-ring (bicyclic) bond motifs is 1. The van der Waals surface area contributed by atoms with Gasteiger partial charge in [-0.3, -0.25) is 0 Å². The zero-order valence-electron chi connectivity index (χ0n) is 16.1. The van der Waals surface area contributed by atoms with Crippen LogP contribution in [0, 0.1) is 5.41 Å². The zero-order chi connectivity index (χ0) is 18.0. The lowest BCUT2D eigenvalue weighted by atomic mass is 9.76. The van der Waals surface area contributed by atoms with Crippen molar-refractivity contribution in [3.8, 4) is 0 Å². The molecule has 136 valence electrons. The number of hydrogen-bond acceptors (Lipinski definition) is 4. The molecule has 0 unspecified atom stereocenters. The molecule has 1 aliphatic carbocycles. The maximum atomic E-state index is 12.3. The Morgan fingerprint density at radius 2 is 2.04 bits per heavy atom. The van der Waals surface area contributed by atoms with E-state index >= 15 is 0 Å². The van der Waals surface area contributed by atoms with E-state index in [0.29, 0.717) is 19.0 Å². The van der Waals surface area contributed by atoms with Crippen molar-refractivity contribution in [2.24, 2.45) is 5.41 Å². The first-order valence-electron chi connectivity index (χ1n) is 8.96. The van der Waals surface area contributed by atoms with Gasteiger partial charge in [0.15, 0.2) is 5.69 Å². The van der Waals surface area contributed by atoms with Gasteiger partial charge >= 0.3 is 5.97 Å². The Morgan fingerprint density at radius 3 is 2.67 bits per heavy atom. The number of hydrogen-bond donors (Lipinski definition) is 0. The van der Waals surface area contributed by atoms with Crippen LogP contribution >= 0.6 is 0 Å². The van der Waals surface area contributed by atoms with Crippen LogP contribution in [0.15, 0.2) is 0 Å². The van der Waals surface area contributed by atoms with Crippen molar-refractivity contribution in [1.82, 2.24) is 9.78 Å². The fraction of sp³-hybridized carbons (Fsp3) is 0.778. The average molecular weight is 353 g/mol. The second kappa shape index (κ2) is 7.40. The van der Waals surface area contributed by atoms with E-state index in [2.05, 4.69) is 38.6 Å². The Morgan fingerprint density at radius 1 is 1.33 bits per heavy atom. The summed E-state index contributed by atoms with van der Waals surface area (Å²) in [6, 6.07) is 1.13. The van der Waals surface area contributed by atoms with Gasteiger partial charge in [-0.05, 0) is 37.6 Å². The van der Waals surface area contributed by atoms with Crippen LogP contribution in [0.25, 0.3) is 0 Å². The molecule has 2 rings (SSSR count). The quantitative estimate of drug-likeness (QED) is 0.424. The van der Waals surface area contributed by atoms with Gasteiger partial charge < -0.3 is 9.47 Å². The Labute approximate surface area is 146 Å². The van der Waals surface area contributed by atoms with Crippen LogP contribution in [0.2, 0.25) is 25.7 Å². The number of nitrogens with zero attached hydrogens (tertiary/aromatic N) is 2. The van der Waals surface area contributed by atoms with Gasteiger partial charge in [0.25, 0.3) is 0 Å². The smallest absolute Gasteiger partial charge is 0.359 e. The van der Waals surface area contributed by atoms with Crippen molar-refractivity contribution in [2.45, 2.75) is 72.4 Å². The molecular formula is C18H32N2O3Si. The van der Waals surface area contributed by atoms with Crippen molar-refractivity contribution >= 4 is 14.0 Å². The molecule has 0 aromatic carbocycles. The minimum Gasteiger partial charge on any atom is -0.461 e. The summed E-state index contributed by atoms with van der Waals surface area (Å²) in [5.41, 5.74) is 2.87. The Hall–Kier alpha value is -1.14. The summed E-state index contributed by atoms with van der Waals surface area (Å²) in [6.07, 6.45) is 2.90.